The van der Waals surface area contributed by atoms with Gasteiger partial charge < -0.3 is 5.11 Å². The molecule has 2 amide bonds. The van der Waals surface area contributed by atoms with Gasteiger partial charge in [-0.3, -0.25) is 14.5 Å². The van der Waals surface area contributed by atoms with Crippen molar-refractivity contribution in [3.05, 3.63) is 0 Å². The maximum atomic E-state index is 12.6. The molecule has 1 spiro atoms. The third-order valence-corrected chi connectivity index (χ3v) is 4.92. The molecule has 108 valence electrons. The van der Waals surface area contributed by atoms with Crippen molar-refractivity contribution < 1.29 is 27.9 Å². The fraction of sp³-hybridized carbons (Fsp3) is 0.818. The van der Waals surface area contributed by atoms with Gasteiger partial charge in [-0.2, -0.15) is 24.9 Å². The Morgan fingerprint density at radius 2 is 2.05 bits per heavy atom. The Bertz CT molecular complexity index is 416. The van der Waals surface area contributed by atoms with Gasteiger partial charge in [0.1, 0.15) is 0 Å². The summed E-state index contributed by atoms with van der Waals surface area (Å²) in [6.45, 7) is -0.456. The van der Waals surface area contributed by atoms with Gasteiger partial charge in [0.2, 0.25) is 11.8 Å². The quantitative estimate of drug-likeness (QED) is 0.778. The minimum atomic E-state index is -4.88. The third-order valence-electron chi connectivity index (χ3n) is 3.67. The summed E-state index contributed by atoms with van der Waals surface area (Å²) >= 11 is 1.52. The van der Waals surface area contributed by atoms with Gasteiger partial charge in [-0.15, -0.1) is 0 Å². The summed E-state index contributed by atoms with van der Waals surface area (Å²) in [7, 11) is 0. The first-order chi connectivity index (χ1) is 8.59. The number of hydrogen-bond donors (Lipinski definition) is 1. The van der Waals surface area contributed by atoms with E-state index in [0.29, 0.717) is 24.0 Å². The van der Waals surface area contributed by atoms with E-state index < -0.39 is 35.6 Å². The molecule has 0 aromatic heterocycles. The van der Waals surface area contributed by atoms with Crippen molar-refractivity contribution in [1.29, 1.82) is 0 Å². The van der Waals surface area contributed by atoms with Gasteiger partial charge in [0.15, 0.2) is 5.60 Å². The number of nitrogens with zero attached hydrogens (tertiary/aromatic N) is 1. The number of β-amino-alcohol motifs (C(OH)–C–C–N with tert-alkyl or cyclic N) is 1. The lowest BCUT2D eigenvalue weighted by Gasteiger charge is -2.30. The van der Waals surface area contributed by atoms with Crippen molar-refractivity contribution in [2.24, 2.45) is 5.41 Å². The molecule has 2 aliphatic heterocycles. The molecule has 0 radical (unpaired) electrons. The van der Waals surface area contributed by atoms with Gasteiger partial charge >= 0.3 is 6.18 Å². The minimum absolute atomic E-state index is 0.0488. The third kappa shape index (κ3) is 2.35. The Morgan fingerprint density at radius 1 is 1.42 bits per heavy atom. The van der Waals surface area contributed by atoms with Crippen LogP contribution in [0.1, 0.15) is 19.8 Å². The molecule has 2 atom stereocenters. The molecule has 2 rings (SSSR count). The smallest absolute Gasteiger partial charge is 0.379 e. The fourth-order valence-electron chi connectivity index (χ4n) is 2.33. The van der Waals surface area contributed by atoms with Gasteiger partial charge in [0, 0.05) is 12.2 Å². The number of alkyl halides is 3. The van der Waals surface area contributed by atoms with Crippen molar-refractivity contribution in [3.8, 4) is 0 Å². The fourth-order valence-corrected chi connectivity index (χ4v) is 3.77. The van der Waals surface area contributed by atoms with Crippen LogP contribution in [0.25, 0.3) is 0 Å². The van der Waals surface area contributed by atoms with E-state index in [4.69, 9.17) is 0 Å². The predicted molar refractivity (Wildman–Crippen MR) is 62.4 cm³/mol. The van der Waals surface area contributed by atoms with Crippen molar-refractivity contribution in [1.82, 2.24) is 4.90 Å². The number of hydrogen-bond acceptors (Lipinski definition) is 4. The van der Waals surface area contributed by atoms with Gasteiger partial charge in [0.25, 0.3) is 0 Å². The van der Waals surface area contributed by atoms with Gasteiger partial charge in [-0.1, -0.05) is 0 Å². The van der Waals surface area contributed by atoms with Gasteiger partial charge in [-0.25, -0.2) is 0 Å². The molecule has 2 aliphatic rings. The van der Waals surface area contributed by atoms with Crippen LogP contribution in [-0.2, 0) is 9.59 Å². The first-order valence-corrected chi connectivity index (χ1v) is 6.96. The van der Waals surface area contributed by atoms with E-state index in [2.05, 4.69) is 0 Å². The monoisotopic (exact) mass is 297 g/mol. The summed E-state index contributed by atoms with van der Waals surface area (Å²) in [6, 6.07) is 0. The molecule has 0 aromatic rings. The molecular formula is C11H14F3NO3S. The van der Waals surface area contributed by atoms with Crippen molar-refractivity contribution in [2.45, 2.75) is 31.5 Å². The normalized spacial score (nSPS) is 31.3. The standard InChI is InChI=1S/C11H14F3NO3S/c1-9(18,11(12,13)14)5-15-7(16)4-10(8(15)17)2-3-19-6-10/h18H,2-6H2,1H3/t9-,10+/m0/s1. The second-order valence-corrected chi connectivity index (χ2v) is 6.42. The molecular weight excluding hydrogens is 283 g/mol. The molecule has 2 heterocycles. The lowest BCUT2D eigenvalue weighted by molar-refractivity contribution is -0.255. The second kappa shape index (κ2) is 4.37. The van der Waals surface area contributed by atoms with E-state index in [1.54, 1.807) is 0 Å². The van der Waals surface area contributed by atoms with Crippen LogP contribution in [0.3, 0.4) is 0 Å². The summed E-state index contributed by atoms with van der Waals surface area (Å²) in [5.74, 6) is -0.0193. The SMILES string of the molecule is C[C@](O)(CN1C(=O)C[C@@]2(CCSC2)C1=O)C(F)(F)F. The molecule has 8 heteroatoms. The highest BCUT2D eigenvalue weighted by atomic mass is 32.2. The van der Waals surface area contributed by atoms with E-state index in [0.717, 1.165) is 5.75 Å². The molecule has 0 aromatic carbocycles. The molecule has 19 heavy (non-hydrogen) atoms. The zero-order valence-electron chi connectivity index (χ0n) is 10.3. The van der Waals surface area contributed by atoms with E-state index in [1.807, 2.05) is 0 Å². The van der Waals surface area contributed by atoms with E-state index in [9.17, 15) is 27.9 Å². The highest BCUT2D eigenvalue weighted by molar-refractivity contribution is 7.99. The van der Waals surface area contributed by atoms with E-state index in [-0.39, 0.29) is 6.42 Å². The number of rotatable bonds is 2. The van der Waals surface area contributed by atoms with E-state index in [1.165, 1.54) is 11.8 Å². The van der Waals surface area contributed by atoms with Gasteiger partial charge in [0.05, 0.1) is 12.0 Å². The Labute approximate surface area is 112 Å². The highest BCUT2D eigenvalue weighted by Crippen LogP contribution is 2.45. The van der Waals surface area contributed by atoms with Crippen LogP contribution < -0.4 is 0 Å². The van der Waals surface area contributed by atoms with Crippen molar-refractivity contribution in [2.75, 3.05) is 18.1 Å². The maximum absolute atomic E-state index is 12.6. The van der Waals surface area contributed by atoms with Crippen molar-refractivity contribution >= 4 is 23.6 Å². The van der Waals surface area contributed by atoms with E-state index >= 15 is 0 Å². The van der Waals surface area contributed by atoms with Crippen molar-refractivity contribution in [3.63, 3.8) is 0 Å². The highest BCUT2D eigenvalue weighted by Gasteiger charge is 2.58. The summed E-state index contributed by atoms with van der Waals surface area (Å²) in [4.78, 5) is 24.5. The second-order valence-electron chi connectivity index (χ2n) is 5.32. The number of likely N-dealkylation sites (tertiary alicyclic amines) is 1. The van der Waals surface area contributed by atoms with Crippen LogP contribution >= 0.6 is 11.8 Å². The molecule has 1 N–H and O–H groups in total. The average molecular weight is 297 g/mol. The largest absolute Gasteiger partial charge is 0.418 e. The van der Waals surface area contributed by atoms with Crippen LogP contribution in [-0.4, -0.2) is 51.6 Å². The molecule has 0 bridgehead atoms. The number of carbonyl (C=O) groups excluding carboxylic acids is 2. The lowest BCUT2D eigenvalue weighted by Crippen LogP contribution is -2.53. The Hall–Kier alpha value is -0.760. The molecule has 2 fully saturated rings. The molecule has 2 saturated heterocycles. The maximum Gasteiger partial charge on any atom is 0.418 e. The Morgan fingerprint density at radius 3 is 2.53 bits per heavy atom. The number of imide groups is 1. The lowest BCUT2D eigenvalue weighted by atomic mass is 9.86. The number of thioether (sulfide) groups is 1. The first-order valence-electron chi connectivity index (χ1n) is 5.81. The predicted octanol–water partition coefficient (Wildman–Crippen LogP) is 1.18. The van der Waals surface area contributed by atoms with Gasteiger partial charge in [-0.05, 0) is 19.1 Å². The zero-order chi connectivity index (χ0) is 14.5. The van der Waals surface area contributed by atoms with Crippen LogP contribution in [0.5, 0.6) is 0 Å². The van der Waals surface area contributed by atoms with Crippen LogP contribution in [0.2, 0.25) is 0 Å². The minimum Gasteiger partial charge on any atom is -0.379 e. The first kappa shape index (κ1) is 14.6. The number of amides is 2. The zero-order valence-corrected chi connectivity index (χ0v) is 11.1. The number of halogens is 3. The topological polar surface area (TPSA) is 57.6 Å². The number of carbonyl (C=O) groups is 2. The summed E-state index contributed by atoms with van der Waals surface area (Å²) < 4.78 is 37.8. The molecule has 0 saturated carbocycles. The molecule has 4 nitrogen and oxygen atoms in total. The summed E-state index contributed by atoms with van der Waals surface area (Å²) in [5, 5.41) is 9.40. The summed E-state index contributed by atoms with van der Waals surface area (Å²) in [5.41, 5.74) is -3.92. The molecule has 0 aliphatic carbocycles. The Kier molecular flexibility index (Phi) is 3.37. The molecule has 0 unspecified atom stereocenters. The van der Waals surface area contributed by atoms with Crippen LogP contribution in [0.15, 0.2) is 0 Å². The van der Waals surface area contributed by atoms with Crippen LogP contribution in [0.4, 0.5) is 13.2 Å². The summed E-state index contributed by atoms with van der Waals surface area (Å²) in [6.07, 6.45) is -4.42. The van der Waals surface area contributed by atoms with Crippen LogP contribution in [0, 0.1) is 5.41 Å². The number of aliphatic hydroxyl groups is 1. The average Bonchev–Trinajstić information content (AvgIpc) is 2.80. The Balaban J connectivity index is 2.18.